The Balaban J connectivity index is 2.01. The van der Waals surface area contributed by atoms with E-state index in [-0.39, 0.29) is 0 Å². The van der Waals surface area contributed by atoms with E-state index in [1.807, 2.05) is 6.20 Å². The molecule has 3 heteroatoms. The van der Waals surface area contributed by atoms with E-state index in [0.29, 0.717) is 11.5 Å². The third-order valence-electron chi connectivity index (χ3n) is 3.64. The molecule has 0 aliphatic heterocycles. The molecule has 1 fully saturated rings. The van der Waals surface area contributed by atoms with Gasteiger partial charge in [0, 0.05) is 22.4 Å². The highest BCUT2D eigenvalue weighted by Gasteiger charge is 2.34. The maximum atomic E-state index is 4.47. The molecular formula is C13H19BrN2. The molecule has 2 nitrogen and oxygen atoms in total. The lowest BCUT2D eigenvalue weighted by atomic mass is 9.83. The van der Waals surface area contributed by atoms with Crippen LogP contribution in [0.5, 0.6) is 0 Å². The topological polar surface area (TPSA) is 24.9 Å². The Morgan fingerprint density at radius 3 is 2.94 bits per heavy atom. The van der Waals surface area contributed by atoms with Gasteiger partial charge in [-0.05, 0) is 66.2 Å². The van der Waals surface area contributed by atoms with Crippen LogP contribution in [0.15, 0.2) is 22.8 Å². The lowest BCUT2D eigenvalue weighted by Crippen LogP contribution is -2.24. The molecule has 0 radical (unpaired) electrons. The Labute approximate surface area is 106 Å². The molecule has 0 spiro atoms. The third-order valence-corrected chi connectivity index (χ3v) is 4.11. The first-order valence-electron chi connectivity index (χ1n) is 5.89. The van der Waals surface area contributed by atoms with Crippen molar-refractivity contribution in [2.24, 2.45) is 5.41 Å². The number of aromatic nitrogens is 1. The SMILES string of the molecule is CNC1CCC(C)(Cc2ccc(Br)cn2)C1. The van der Waals surface area contributed by atoms with Crippen LogP contribution in [0.2, 0.25) is 0 Å². The normalized spacial score (nSPS) is 29.6. The fourth-order valence-corrected chi connectivity index (χ4v) is 2.91. The molecular weight excluding hydrogens is 264 g/mol. The molecule has 88 valence electrons. The van der Waals surface area contributed by atoms with Crippen molar-refractivity contribution in [3.05, 3.63) is 28.5 Å². The van der Waals surface area contributed by atoms with E-state index in [2.05, 4.69) is 52.3 Å². The highest BCUT2D eigenvalue weighted by Crippen LogP contribution is 2.40. The highest BCUT2D eigenvalue weighted by molar-refractivity contribution is 9.10. The minimum atomic E-state index is 0.425. The van der Waals surface area contributed by atoms with E-state index in [1.165, 1.54) is 25.0 Å². The second-order valence-electron chi connectivity index (χ2n) is 5.18. The maximum absolute atomic E-state index is 4.47. The van der Waals surface area contributed by atoms with Crippen LogP contribution >= 0.6 is 15.9 Å². The Hall–Kier alpha value is -0.410. The fourth-order valence-electron chi connectivity index (χ4n) is 2.68. The molecule has 1 aliphatic carbocycles. The van der Waals surface area contributed by atoms with E-state index in [0.717, 1.165) is 10.9 Å². The minimum absolute atomic E-state index is 0.425. The van der Waals surface area contributed by atoms with Crippen LogP contribution in [-0.4, -0.2) is 18.1 Å². The second-order valence-corrected chi connectivity index (χ2v) is 6.10. The summed E-state index contributed by atoms with van der Waals surface area (Å²) in [5.74, 6) is 0. The lowest BCUT2D eigenvalue weighted by Gasteiger charge is -2.23. The fraction of sp³-hybridized carbons (Fsp3) is 0.615. The summed E-state index contributed by atoms with van der Waals surface area (Å²) in [5, 5.41) is 3.39. The summed E-state index contributed by atoms with van der Waals surface area (Å²) in [5.41, 5.74) is 1.64. The van der Waals surface area contributed by atoms with Crippen molar-refractivity contribution in [3.8, 4) is 0 Å². The molecule has 1 N–H and O–H groups in total. The molecule has 2 rings (SSSR count). The van der Waals surface area contributed by atoms with Gasteiger partial charge in [-0.25, -0.2) is 0 Å². The molecule has 0 aromatic carbocycles. The number of rotatable bonds is 3. The summed E-state index contributed by atoms with van der Waals surface area (Å²) >= 11 is 3.42. The summed E-state index contributed by atoms with van der Waals surface area (Å²) in [6.07, 6.45) is 6.85. The molecule has 0 bridgehead atoms. The van der Waals surface area contributed by atoms with E-state index in [1.54, 1.807) is 0 Å². The van der Waals surface area contributed by atoms with Gasteiger partial charge >= 0.3 is 0 Å². The van der Waals surface area contributed by atoms with E-state index in [4.69, 9.17) is 0 Å². The van der Waals surface area contributed by atoms with Crippen LogP contribution in [0.1, 0.15) is 31.9 Å². The van der Waals surface area contributed by atoms with E-state index in [9.17, 15) is 0 Å². The predicted molar refractivity (Wildman–Crippen MR) is 70.4 cm³/mol. The van der Waals surface area contributed by atoms with Gasteiger partial charge in [0.05, 0.1) is 0 Å². The van der Waals surface area contributed by atoms with Crippen molar-refractivity contribution in [2.45, 2.75) is 38.6 Å². The molecule has 1 aromatic rings. The van der Waals surface area contributed by atoms with Gasteiger partial charge in [0.15, 0.2) is 0 Å². The molecule has 2 atom stereocenters. The minimum Gasteiger partial charge on any atom is -0.317 e. The lowest BCUT2D eigenvalue weighted by molar-refractivity contribution is 0.321. The molecule has 1 saturated carbocycles. The smallest absolute Gasteiger partial charge is 0.0413 e. The van der Waals surface area contributed by atoms with Gasteiger partial charge in [0.2, 0.25) is 0 Å². The number of pyridine rings is 1. The first kappa shape index (κ1) is 12.1. The van der Waals surface area contributed by atoms with Crippen LogP contribution in [0.3, 0.4) is 0 Å². The zero-order chi connectivity index (χ0) is 11.6. The number of hydrogen-bond donors (Lipinski definition) is 1. The number of halogens is 1. The monoisotopic (exact) mass is 282 g/mol. The molecule has 0 amide bonds. The van der Waals surface area contributed by atoms with Crippen molar-refractivity contribution < 1.29 is 0 Å². The Bertz CT molecular complexity index is 349. The van der Waals surface area contributed by atoms with Crippen LogP contribution in [0, 0.1) is 5.41 Å². The quantitative estimate of drug-likeness (QED) is 0.921. The van der Waals surface area contributed by atoms with Crippen molar-refractivity contribution >= 4 is 15.9 Å². The number of hydrogen-bond acceptors (Lipinski definition) is 2. The number of nitrogens with zero attached hydrogens (tertiary/aromatic N) is 1. The van der Waals surface area contributed by atoms with Crippen LogP contribution in [-0.2, 0) is 6.42 Å². The van der Waals surface area contributed by atoms with Gasteiger partial charge < -0.3 is 5.32 Å². The summed E-state index contributed by atoms with van der Waals surface area (Å²) in [6, 6.07) is 4.90. The molecule has 1 aliphatic rings. The van der Waals surface area contributed by atoms with Gasteiger partial charge in [0.25, 0.3) is 0 Å². The van der Waals surface area contributed by atoms with Crippen molar-refractivity contribution in [3.63, 3.8) is 0 Å². The zero-order valence-corrected chi connectivity index (χ0v) is 11.5. The highest BCUT2D eigenvalue weighted by atomic mass is 79.9. The molecule has 16 heavy (non-hydrogen) atoms. The Morgan fingerprint density at radius 2 is 2.38 bits per heavy atom. The Morgan fingerprint density at radius 1 is 1.56 bits per heavy atom. The molecule has 2 unspecified atom stereocenters. The average Bonchev–Trinajstić information content (AvgIpc) is 2.64. The van der Waals surface area contributed by atoms with Crippen LogP contribution in [0.25, 0.3) is 0 Å². The van der Waals surface area contributed by atoms with Crippen molar-refractivity contribution in [2.75, 3.05) is 7.05 Å². The molecule has 1 aromatic heterocycles. The maximum Gasteiger partial charge on any atom is 0.0413 e. The van der Waals surface area contributed by atoms with Crippen LogP contribution in [0.4, 0.5) is 0 Å². The largest absolute Gasteiger partial charge is 0.317 e. The van der Waals surface area contributed by atoms with Crippen molar-refractivity contribution in [1.82, 2.24) is 10.3 Å². The van der Waals surface area contributed by atoms with E-state index < -0.39 is 0 Å². The van der Waals surface area contributed by atoms with Gasteiger partial charge in [-0.3, -0.25) is 4.98 Å². The summed E-state index contributed by atoms with van der Waals surface area (Å²) in [6.45, 7) is 2.38. The van der Waals surface area contributed by atoms with Gasteiger partial charge in [-0.2, -0.15) is 0 Å². The van der Waals surface area contributed by atoms with Crippen molar-refractivity contribution in [1.29, 1.82) is 0 Å². The van der Waals surface area contributed by atoms with Crippen LogP contribution < -0.4 is 5.32 Å². The summed E-state index contributed by atoms with van der Waals surface area (Å²) in [7, 11) is 2.06. The summed E-state index contributed by atoms with van der Waals surface area (Å²) in [4.78, 5) is 4.47. The number of nitrogens with one attached hydrogen (secondary N) is 1. The predicted octanol–water partition coefficient (Wildman–Crippen LogP) is 3.16. The second kappa shape index (κ2) is 4.84. The van der Waals surface area contributed by atoms with E-state index >= 15 is 0 Å². The van der Waals surface area contributed by atoms with Gasteiger partial charge in [0.1, 0.15) is 0 Å². The summed E-state index contributed by atoms with van der Waals surface area (Å²) < 4.78 is 1.06. The first-order valence-corrected chi connectivity index (χ1v) is 6.68. The molecule has 1 heterocycles. The standard InChI is InChI=1S/C13H19BrN2/c1-13(6-5-11(7-13)15-2)8-12-4-3-10(14)9-16-12/h3-4,9,11,15H,5-8H2,1-2H3. The van der Waals surface area contributed by atoms with Gasteiger partial charge in [-0.1, -0.05) is 6.92 Å². The van der Waals surface area contributed by atoms with Gasteiger partial charge in [-0.15, -0.1) is 0 Å². The molecule has 0 saturated heterocycles. The third kappa shape index (κ3) is 2.83. The Kier molecular flexibility index (Phi) is 3.65. The zero-order valence-electron chi connectivity index (χ0n) is 9.96. The first-order chi connectivity index (χ1) is 7.61. The average molecular weight is 283 g/mol.